The largest absolute Gasteiger partial charge is 0.396 e. The summed E-state index contributed by atoms with van der Waals surface area (Å²) in [6.45, 7) is 10.5. The summed E-state index contributed by atoms with van der Waals surface area (Å²) in [5.41, 5.74) is 1.27. The molecular formula is C15H28N4O. The van der Waals surface area contributed by atoms with Crippen LogP contribution >= 0.6 is 0 Å². The van der Waals surface area contributed by atoms with E-state index in [1.165, 1.54) is 0 Å². The fourth-order valence-corrected chi connectivity index (χ4v) is 2.19. The van der Waals surface area contributed by atoms with Gasteiger partial charge in [-0.15, -0.1) is 0 Å². The Hall–Kier alpha value is -1.36. The number of nitrogens with zero attached hydrogens (tertiary/aromatic N) is 2. The number of rotatable bonds is 9. The molecule has 0 bridgehead atoms. The molecule has 3 N–H and O–H groups in total. The summed E-state index contributed by atoms with van der Waals surface area (Å²) in [5, 5.41) is 15.7. The maximum atomic E-state index is 8.94. The van der Waals surface area contributed by atoms with E-state index in [4.69, 9.17) is 5.11 Å². The summed E-state index contributed by atoms with van der Waals surface area (Å²) >= 11 is 0. The van der Waals surface area contributed by atoms with Crippen LogP contribution in [0.5, 0.6) is 0 Å². The van der Waals surface area contributed by atoms with E-state index in [0.717, 1.165) is 49.6 Å². The normalized spacial score (nSPS) is 11.4. The van der Waals surface area contributed by atoms with Crippen LogP contribution in [0.15, 0.2) is 6.33 Å². The lowest BCUT2D eigenvalue weighted by Crippen LogP contribution is -2.24. The number of hydrogen-bond acceptors (Lipinski definition) is 5. The molecule has 114 valence electrons. The van der Waals surface area contributed by atoms with Crippen molar-refractivity contribution in [3.63, 3.8) is 0 Å². The molecule has 0 saturated carbocycles. The van der Waals surface area contributed by atoms with Crippen LogP contribution in [-0.2, 0) is 6.42 Å². The molecule has 5 nitrogen and oxygen atoms in total. The molecule has 0 spiro atoms. The molecule has 0 atom stereocenters. The first kappa shape index (κ1) is 16.7. The Bertz CT molecular complexity index is 407. The summed E-state index contributed by atoms with van der Waals surface area (Å²) in [6, 6.07) is 0. The number of aliphatic hydroxyl groups excluding tert-OH is 1. The molecule has 0 fully saturated rings. The van der Waals surface area contributed by atoms with Gasteiger partial charge in [0.25, 0.3) is 0 Å². The third-order valence-corrected chi connectivity index (χ3v) is 3.39. The van der Waals surface area contributed by atoms with Crippen molar-refractivity contribution in [2.24, 2.45) is 5.41 Å². The minimum atomic E-state index is 0.136. The summed E-state index contributed by atoms with van der Waals surface area (Å²) < 4.78 is 0. The molecule has 1 heterocycles. The first-order chi connectivity index (χ1) is 9.54. The third kappa shape index (κ3) is 4.96. The zero-order valence-electron chi connectivity index (χ0n) is 13.2. The van der Waals surface area contributed by atoms with Gasteiger partial charge in [0.05, 0.1) is 0 Å². The molecule has 5 heteroatoms. The Balaban J connectivity index is 2.74. The van der Waals surface area contributed by atoms with Gasteiger partial charge in [-0.25, -0.2) is 9.97 Å². The van der Waals surface area contributed by atoms with Gasteiger partial charge in [0, 0.05) is 25.3 Å². The standard InChI is InChI=1S/C15H28N4O/c1-5-12-13(16-6-2)18-11-19-14(12)17-10-15(3,4)8-7-9-20/h11,20H,5-10H2,1-4H3,(H2,16,17,18,19). The van der Waals surface area contributed by atoms with Gasteiger partial charge >= 0.3 is 0 Å². The fraction of sp³-hybridized carbons (Fsp3) is 0.733. The smallest absolute Gasteiger partial charge is 0.134 e. The topological polar surface area (TPSA) is 70.1 Å². The summed E-state index contributed by atoms with van der Waals surface area (Å²) in [4.78, 5) is 8.66. The van der Waals surface area contributed by atoms with Crippen LogP contribution in [0.4, 0.5) is 11.6 Å². The van der Waals surface area contributed by atoms with Gasteiger partial charge in [0.1, 0.15) is 18.0 Å². The third-order valence-electron chi connectivity index (χ3n) is 3.39. The molecule has 0 aliphatic carbocycles. The Morgan fingerprint density at radius 3 is 2.35 bits per heavy atom. The van der Waals surface area contributed by atoms with E-state index in [0.29, 0.717) is 0 Å². The van der Waals surface area contributed by atoms with Crippen LogP contribution < -0.4 is 10.6 Å². The Labute approximate surface area is 122 Å². The van der Waals surface area contributed by atoms with Crippen molar-refractivity contribution in [2.45, 2.75) is 47.0 Å². The minimum absolute atomic E-state index is 0.136. The molecule has 1 rings (SSSR count). The SMILES string of the molecule is CCNc1ncnc(NCC(C)(C)CCCO)c1CC. The molecule has 20 heavy (non-hydrogen) atoms. The molecule has 1 aromatic heterocycles. The quantitative estimate of drug-likeness (QED) is 0.649. The summed E-state index contributed by atoms with van der Waals surface area (Å²) in [6.07, 6.45) is 4.31. The second-order valence-electron chi connectivity index (χ2n) is 5.78. The highest BCUT2D eigenvalue weighted by Gasteiger charge is 2.18. The predicted octanol–water partition coefficient (Wildman–Crippen LogP) is 2.68. The molecule has 1 aromatic rings. The van der Waals surface area contributed by atoms with Crippen LogP contribution in [0.3, 0.4) is 0 Å². The van der Waals surface area contributed by atoms with Crippen LogP contribution in [0, 0.1) is 5.41 Å². The lowest BCUT2D eigenvalue weighted by molar-refractivity contribution is 0.248. The molecule has 0 aliphatic heterocycles. The van der Waals surface area contributed by atoms with E-state index in [1.807, 2.05) is 0 Å². The van der Waals surface area contributed by atoms with E-state index in [1.54, 1.807) is 6.33 Å². The predicted molar refractivity (Wildman–Crippen MR) is 84.2 cm³/mol. The molecular weight excluding hydrogens is 252 g/mol. The van der Waals surface area contributed by atoms with Gasteiger partial charge in [-0.3, -0.25) is 0 Å². The number of nitrogens with one attached hydrogen (secondary N) is 2. The van der Waals surface area contributed by atoms with E-state index in [9.17, 15) is 0 Å². The number of anilines is 2. The van der Waals surface area contributed by atoms with Crippen molar-refractivity contribution < 1.29 is 5.11 Å². The lowest BCUT2D eigenvalue weighted by Gasteiger charge is -2.25. The van der Waals surface area contributed by atoms with Crippen LogP contribution in [0.2, 0.25) is 0 Å². The van der Waals surface area contributed by atoms with Crippen molar-refractivity contribution in [1.29, 1.82) is 0 Å². The highest BCUT2D eigenvalue weighted by molar-refractivity contribution is 5.57. The van der Waals surface area contributed by atoms with Gasteiger partial charge in [-0.05, 0) is 31.6 Å². The summed E-state index contributed by atoms with van der Waals surface area (Å²) in [5.74, 6) is 1.83. The van der Waals surface area contributed by atoms with Crippen molar-refractivity contribution in [3.05, 3.63) is 11.9 Å². The van der Waals surface area contributed by atoms with Crippen molar-refractivity contribution >= 4 is 11.6 Å². The van der Waals surface area contributed by atoms with E-state index >= 15 is 0 Å². The monoisotopic (exact) mass is 280 g/mol. The Kier molecular flexibility index (Phi) is 6.71. The molecule has 0 unspecified atom stereocenters. The van der Waals surface area contributed by atoms with E-state index < -0.39 is 0 Å². The van der Waals surface area contributed by atoms with Crippen LogP contribution in [-0.4, -0.2) is 34.8 Å². The zero-order chi connectivity index (χ0) is 15.0. The number of hydrogen-bond donors (Lipinski definition) is 3. The van der Waals surface area contributed by atoms with Crippen molar-refractivity contribution in [3.8, 4) is 0 Å². The lowest BCUT2D eigenvalue weighted by atomic mass is 9.88. The van der Waals surface area contributed by atoms with Crippen LogP contribution in [0.1, 0.15) is 46.1 Å². The zero-order valence-corrected chi connectivity index (χ0v) is 13.2. The second kappa shape index (κ2) is 8.04. The maximum Gasteiger partial charge on any atom is 0.134 e. The van der Waals surface area contributed by atoms with Crippen molar-refractivity contribution in [1.82, 2.24) is 9.97 Å². The highest BCUT2D eigenvalue weighted by atomic mass is 16.2. The van der Waals surface area contributed by atoms with Gasteiger partial charge in [-0.2, -0.15) is 0 Å². The average molecular weight is 280 g/mol. The van der Waals surface area contributed by atoms with Crippen LogP contribution in [0.25, 0.3) is 0 Å². The molecule has 0 aliphatic rings. The summed E-state index contributed by atoms with van der Waals surface area (Å²) in [7, 11) is 0. The number of aromatic nitrogens is 2. The maximum absolute atomic E-state index is 8.94. The number of aliphatic hydroxyl groups is 1. The van der Waals surface area contributed by atoms with Gasteiger partial charge in [-0.1, -0.05) is 20.8 Å². The Morgan fingerprint density at radius 2 is 1.80 bits per heavy atom. The van der Waals surface area contributed by atoms with E-state index in [-0.39, 0.29) is 12.0 Å². The Morgan fingerprint density at radius 1 is 1.15 bits per heavy atom. The van der Waals surface area contributed by atoms with Crippen molar-refractivity contribution in [2.75, 3.05) is 30.3 Å². The van der Waals surface area contributed by atoms with Gasteiger partial charge in [0.2, 0.25) is 0 Å². The molecule has 0 saturated heterocycles. The fourth-order valence-electron chi connectivity index (χ4n) is 2.19. The minimum Gasteiger partial charge on any atom is -0.396 e. The highest BCUT2D eigenvalue weighted by Crippen LogP contribution is 2.25. The average Bonchev–Trinajstić information content (AvgIpc) is 2.43. The molecule has 0 amide bonds. The van der Waals surface area contributed by atoms with Gasteiger partial charge in [0.15, 0.2) is 0 Å². The molecule has 0 radical (unpaired) electrons. The molecule has 0 aromatic carbocycles. The second-order valence-corrected chi connectivity index (χ2v) is 5.78. The first-order valence-electron chi connectivity index (χ1n) is 7.46. The van der Waals surface area contributed by atoms with E-state index in [2.05, 4.69) is 48.3 Å². The first-order valence-corrected chi connectivity index (χ1v) is 7.46. The van der Waals surface area contributed by atoms with Gasteiger partial charge < -0.3 is 15.7 Å².